The van der Waals surface area contributed by atoms with Crippen molar-refractivity contribution in [3.05, 3.63) is 30.4 Å². The van der Waals surface area contributed by atoms with Gasteiger partial charge >= 0.3 is 0 Å². The van der Waals surface area contributed by atoms with E-state index in [0.717, 1.165) is 25.3 Å². The summed E-state index contributed by atoms with van der Waals surface area (Å²) in [4.78, 5) is 25.2. The van der Waals surface area contributed by atoms with Crippen LogP contribution in [0.3, 0.4) is 0 Å². The van der Waals surface area contributed by atoms with Gasteiger partial charge in [-0.25, -0.2) is 9.97 Å². The maximum atomic E-state index is 12.5. The van der Waals surface area contributed by atoms with Crippen molar-refractivity contribution < 1.29 is 9.53 Å². The van der Waals surface area contributed by atoms with Crippen LogP contribution in [0, 0.1) is 0 Å². The lowest BCUT2D eigenvalue weighted by Gasteiger charge is -2.19. The van der Waals surface area contributed by atoms with E-state index in [9.17, 15) is 4.79 Å². The number of carbonyl (C=O) groups is 1. The highest BCUT2D eigenvalue weighted by Gasteiger charge is 2.30. The number of nitrogens with zero attached hydrogens (tertiary/aromatic N) is 6. The quantitative estimate of drug-likeness (QED) is 0.828. The number of ether oxygens (including phenoxy) is 1. The second-order valence-electron chi connectivity index (χ2n) is 6.53. The summed E-state index contributed by atoms with van der Waals surface area (Å²) in [7, 11) is 1.78. The number of hydrogen-bond donors (Lipinski definition) is 0. The molecule has 25 heavy (non-hydrogen) atoms. The molecule has 0 aliphatic carbocycles. The summed E-state index contributed by atoms with van der Waals surface area (Å²) < 4.78 is 7.61. The Morgan fingerprint density at radius 2 is 2.08 bits per heavy atom. The summed E-state index contributed by atoms with van der Waals surface area (Å²) in [5, 5.41) is 4.06. The van der Waals surface area contributed by atoms with Gasteiger partial charge < -0.3 is 14.5 Å². The molecule has 2 aliphatic rings. The molecule has 0 bridgehead atoms. The normalized spacial score (nSPS) is 20.3. The van der Waals surface area contributed by atoms with Crippen LogP contribution in [0.5, 0.6) is 5.88 Å². The Kier molecular flexibility index (Phi) is 4.25. The van der Waals surface area contributed by atoms with Crippen LogP contribution in [-0.4, -0.2) is 62.8 Å². The van der Waals surface area contributed by atoms with Crippen molar-refractivity contribution in [2.45, 2.75) is 25.4 Å². The van der Waals surface area contributed by atoms with Crippen LogP contribution in [0.4, 0.5) is 5.82 Å². The molecule has 0 unspecified atom stereocenters. The van der Waals surface area contributed by atoms with Crippen LogP contribution in [0.25, 0.3) is 0 Å². The molecular weight excluding hydrogens is 320 g/mol. The fourth-order valence-corrected chi connectivity index (χ4v) is 3.44. The van der Waals surface area contributed by atoms with Crippen LogP contribution < -0.4 is 9.64 Å². The van der Waals surface area contributed by atoms with Crippen LogP contribution in [0.15, 0.2) is 24.7 Å². The summed E-state index contributed by atoms with van der Waals surface area (Å²) in [5.74, 6) is 1.49. The van der Waals surface area contributed by atoms with Crippen LogP contribution in [0.1, 0.15) is 29.8 Å². The molecule has 2 saturated heterocycles. The molecule has 2 aromatic rings. The number of aromatic nitrogens is 4. The van der Waals surface area contributed by atoms with E-state index < -0.39 is 0 Å². The molecule has 0 N–H and O–H groups in total. The Morgan fingerprint density at radius 3 is 2.84 bits per heavy atom. The molecule has 4 rings (SSSR count). The fraction of sp³-hybridized carbons (Fsp3) is 0.529. The third kappa shape index (κ3) is 3.29. The van der Waals surface area contributed by atoms with Crippen molar-refractivity contribution in [2.75, 3.05) is 31.1 Å². The molecule has 2 aromatic heterocycles. The third-order valence-electron chi connectivity index (χ3n) is 4.82. The highest BCUT2D eigenvalue weighted by atomic mass is 16.5. The predicted octanol–water partition coefficient (Wildman–Crippen LogP) is 1.10. The molecule has 8 nitrogen and oxygen atoms in total. The Morgan fingerprint density at radius 1 is 1.24 bits per heavy atom. The Bertz CT molecular complexity index is 755. The van der Waals surface area contributed by atoms with Gasteiger partial charge in [-0.3, -0.25) is 9.48 Å². The van der Waals surface area contributed by atoms with Gasteiger partial charge in [0, 0.05) is 45.4 Å². The van der Waals surface area contributed by atoms with E-state index in [2.05, 4.69) is 20.0 Å². The van der Waals surface area contributed by atoms with Gasteiger partial charge in [0.05, 0.1) is 6.54 Å². The van der Waals surface area contributed by atoms with Gasteiger partial charge in [0.25, 0.3) is 5.91 Å². The largest absolute Gasteiger partial charge is 0.472 e. The number of hydrogen-bond acceptors (Lipinski definition) is 6. The fourth-order valence-electron chi connectivity index (χ4n) is 3.44. The number of carbonyl (C=O) groups excluding carboxylic acids is 1. The monoisotopic (exact) mass is 342 g/mol. The topological polar surface area (TPSA) is 76.4 Å². The van der Waals surface area contributed by atoms with E-state index in [4.69, 9.17) is 4.74 Å². The smallest absolute Gasteiger partial charge is 0.272 e. The first-order valence-electron chi connectivity index (χ1n) is 8.71. The molecule has 0 saturated carbocycles. The SMILES string of the molecule is Cn1nccc1C(=O)N1CC[C@@H](Oc2cc(N3CCCC3)ncn2)C1. The molecule has 132 valence electrons. The predicted molar refractivity (Wildman–Crippen MR) is 91.6 cm³/mol. The lowest BCUT2D eigenvalue weighted by Crippen LogP contribution is -2.32. The van der Waals surface area contributed by atoms with Crippen molar-refractivity contribution in [1.29, 1.82) is 0 Å². The average molecular weight is 342 g/mol. The molecule has 4 heterocycles. The zero-order chi connectivity index (χ0) is 17.2. The van der Waals surface area contributed by atoms with Gasteiger partial charge in [-0.2, -0.15) is 5.10 Å². The number of aryl methyl sites for hydroxylation is 1. The summed E-state index contributed by atoms with van der Waals surface area (Å²) in [6.45, 7) is 3.31. The van der Waals surface area contributed by atoms with Crippen LogP contribution >= 0.6 is 0 Å². The highest BCUT2D eigenvalue weighted by Crippen LogP contribution is 2.23. The standard InChI is InChI=1S/C17H22N6O2/c1-21-14(4-6-20-21)17(24)23-9-5-13(11-23)25-16-10-15(18-12-19-16)22-7-2-3-8-22/h4,6,10,12-13H,2-3,5,7-9,11H2,1H3/t13-/m1/s1. The summed E-state index contributed by atoms with van der Waals surface area (Å²) in [6.07, 6.45) is 6.35. The summed E-state index contributed by atoms with van der Waals surface area (Å²) in [5.41, 5.74) is 0.596. The first-order chi connectivity index (χ1) is 12.2. The van der Waals surface area contributed by atoms with Crippen molar-refractivity contribution in [3.63, 3.8) is 0 Å². The lowest BCUT2D eigenvalue weighted by molar-refractivity contribution is 0.0760. The van der Waals surface area contributed by atoms with E-state index in [-0.39, 0.29) is 12.0 Å². The van der Waals surface area contributed by atoms with E-state index in [1.807, 2.05) is 11.0 Å². The summed E-state index contributed by atoms with van der Waals surface area (Å²) in [6, 6.07) is 3.64. The van der Waals surface area contributed by atoms with Gasteiger partial charge in [-0.1, -0.05) is 0 Å². The molecule has 0 spiro atoms. The van der Waals surface area contributed by atoms with Gasteiger partial charge in [-0.05, 0) is 18.9 Å². The van der Waals surface area contributed by atoms with Crippen LogP contribution in [0.2, 0.25) is 0 Å². The van der Waals surface area contributed by atoms with Gasteiger partial charge in [0.1, 0.15) is 23.9 Å². The molecule has 1 atom stereocenters. The first kappa shape index (κ1) is 15.9. The third-order valence-corrected chi connectivity index (χ3v) is 4.82. The van der Waals surface area contributed by atoms with E-state index in [0.29, 0.717) is 24.7 Å². The maximum absolute atomic E-state index is 12.5. The average Bonchev–Trinajstić information content (AvgIpc) is 3.36. The van der Waals surface area contributed by atoms with E-state index >= 15 is 0 Å². The zero-order valence-electron chi connectivity index (χ0n) is 14.3. The minimum absolute atomic E-state index is 0.00783. The molecule has 1 amide bonds. The number of amides is 1. The molecular formula is C17H22N6O2. The van der Waals surface area contributed by atoms with Gasteiger partial charge in [-0.15, -0.1) is 0 Å². The second kappa shape index (κ2) is 6.70. The van der Waals surface area contributed by atoms with Gasteiger partial charge in [0.15, 0.2) is 0 Å². The van der Waals surface area contributed by atoms with Crippen molar-refractivity contribution in [1.82, 2.24) is 24.6 Å². The maximum Gasteiger partial charge on any atom is 0.272 e. The highest BCUT2D eigenvalue weighted by molar-refractivity contribution is 5.92. The Hall–Kier alpha value is -2.64. The molecule has 0 aromatic carbocycles. The number of rotatable bonds is 4. The molecule has 0 radical (unpaired) electrons. The van der Waals surface area contributed by atoms with Crippen LogP contribution in [-0.2, 0) is 7.05 Å². The van der Waals surface area contributed by atoms with Crippen molar-refractivity contribution >= 4 is 11.7 Å². The number of likely N-dealkylation sites (tertiary alicyclic amines) is 1. The summed E-state index contributed by atoms with van der Waals surface area (Å²) >= 11 is 0. The minimum atomic E-state index is -0.0431. The molecule has 2 aliphatic heterocycles. The molecule has 8 heteroatoms. The van der Waals surface area contributed by atoms with E-state index in [1.54, 1.807) is 30.3 Å². The van der Waals surface area contributed by atoms with E-state index in [1.165, 1.54) is 12.8 Å². The lowest BCUT2D eigenvalue weighted by atomic mass is 10.3. The number of anilines is 1. The Labute approximate surface area is 146 Å². The van der Waals surface area contributed by atoms with Crippen molar-refractivity contribution in [3.8, 4) is 5.88 Å². The zero-order valence-corrected chi connectivity index (χ0v) is 14.3. The first-order valence-corrected chi connectivity index (χ1v) is 8.71. The molecule has 2 fully saturated rings. The van der Waals surface area contributed by atoms with Gasteiger partial charge in [0.2, 0.25) is 5.88 Å². The Balaban J connectivity index is 1.39. The minimum Gasteiger partial charge on any atom is -0.472 e. The second-order valence-corrected chi connectivity index (χ2v) is 6.53. The van der Waals surface area contributed by atoms with Crippen molar-refractivity contribution in [2.24, 2.45) is 7.05 Å².